The molecule has 0 spiro atoms. The number of hydrogen-bond donors (Lipinski definition) is 0. The minimum absolute atomic E-state index is 0.00537. The molecule has 6 rings (SSSR count). The number of fused-ring (bicyclic) bond motifs is 6. The average molecular weight is 499 g/mol. The molecule has 2 aliphatic carbocycles. The molecule has 38 heavy (non-hydrogen) atoms. The van der Waals surface area contributed by atoms with Crippen LogP contribution in [0.5, 0.6) is 0 Å². The van der Waals surface area contributed by atoms with Gasteiger partial charge in [0.25, 0.3) is 0 Å². The van der Waals surface area contributed by atoms with Crippen LogP contribution in [0, 0.1) is 0 Å². The number of ether oxygens (including phenoxy) is 1. The third-order valence-electron chi connectivity index (χ3n) is 8.68. The Morgan fingerprint density at radius 2 is 1.24 bits per heavy atom. The van der Waals surface area contributed by atoms with Crippen molar-refractivity contribution in [3.8, 4) is 33.4 Å². The van der Waals surface area contributed by atoms with Crippen molar-refractivity contribution in [2.45, 2.75) is 51.4 Å². The van der Waals surface area contributed by atoms with Gasteiger partial charge in [0.2, 0.25) is 0 Å². The molecule has 2 aliphatic rings. The minimum Gasteiger partial charge on any atom is -0.463 e. The number of benzene rings is 4. The molecule has 0 aromatic heterocycles. The van der Waals surface area contributed by atoms with Crippen LogP contribution in [0.1, 0.15) is 61.9 Å². The average Bonchev–Trinajstić information content (AvgIpc) is 3.30. The summed E-state index contributed by atoms with van der Waals surface area (Å²) < 4.78 is 5.15. The quantitative estimate of drug-likeness (QED) is 0.151. The van der Waals surface area contributed by atoms with E-state index in [2.05, 4.69) is 113 Å². The van der Waals surface area contributed by atoms with Crippen molar-refractivity contribution in [2.75, 3.05) is 6.61 Å². The Morgan fingerprint density at radius 3 is 1.87 bits per heavy atom. The molecule has 0 unspecified atom stereocenters. The van der Waals surface area contributed by atoms with Gasteiger partial charge >= 0.3 is 5.97 Å². The molecule has 0 atom stereocenters. The van der Waals surface area contributed by atoms with Gasteiger partial charge in [-0.3, -0.25) is 0 Å². The molecule has 0 saturated carbocycles. The Morgan fingerprint density at radius 1 is 0.711 bits per heavy atom. The number of rotatable bonds is 6. The first kappa shape index (κ1) is 24.4. The van der Waals surface area contributed by atoms with Gasteiger partial charge in [-0.05, 0) is 86.2 Å². The molecule has 0 aliphatic heterocycles. The fraction of sp³-hybridized carbons (Fsp3) is 0.250. The van der Waals surface area contributed by atoms with Crippen molar-refractivity contribution in [3.63, 3.8) is 0 Å². The number of aryl methyl sites for hydroxylation is 1. The van der Waals surface area contributed by atoms with Crippen LogP contribution in [0.15, 0.2) is 91.5 Å². The van der Waals surface area contributed by atoms with Crippen LogP contribution in [0.3, 0.4) is 0 Å². The van der Waals surface area contributed by atoms with E-state index in [1.165, 1.54) is 67.3 Å². The molecule has 2 heteroatoms. The molecule has 0 amide bonds. The van der Waals surface area contributed by atoms with Gasteiger partial charge in [0.05, 0.1) is 6.61 Å². The first-order valence-corrected chi connectivity index (χ1v) is 13.5. The maximum absolute atomic E-state index is 11.3. The lowest BCUT2D eigenvalue weighted by atomic mass is 9.80. The molecule has 0 fully saturated rings. The van der Waals surface area contributed by atoms with E-state index in [0.717, 1.165) is 12.8 Å². The van der Waals surface area contributed by atoms with E-state index in [0.29, 0.717) is 6.61 Å². The van der Waals surface area contributed by atoms with Crippen molar-refractivity contribution in [3.05, 3.63) is 119 Å². The lowest BCUT2D eigenvalue weighted by molar-refractivity contribution is -0.137. The monoisotopic (exact) mass is 498 g/mol. The van der Waals surface area contributed by atoms with Gasteiger partial charge in [-0.2, -0.15) is 0 Å². The van der Waals surface area contributed by atoms with Crippen LogP contribution >= 0.6 is 0 Å². The van der Waals surface area contributed by atoms with E-state index in [4.69, 9.17) is 4.74 Å². The number of hydrogen-bond acceptors (Lipinski definition) is 2. The van der Waals surface area contributed by atoms with Gasteiger partial charge in [-0.1, -0.05) is 101 Å². The summed E-state index contributed by atoms with van der Waals surface area (Å²) in [5, 5.41) is 0. The predicted octanol–water partition coefficient (Wildman–Crippen LogP) is 8.63. The maximum Gasteiger partial charge on any atom is 0.330 e. The normalized spacial score (nSPS) is 15.3. The molecular formula is C36H34O2. The van der Waals surface area contributed by atoms with Crippen LogP contribution in [0.25, 0.3) is 33.4 Å². The van der Waals surface area contributed by atoms with Gasteiger partial charge in [-0.25, -0.2) is 4.79 Å². The summed E-state index contributed by atoms with van der Waals surface area (Å²) >= 11 is 0. The van der Waals surface area contributed by atoms with Crippen molar-refractivity contribution < 1.29 is 9.53 Å². The Kier molecular flexibility index (Phi) is 5.68. The van der Waals surface area contributed by atoms with Gasteiger partial charge in [0, 0.05) is 16.9 Å². The van der Waals surface area contributed by atoms with E-state index in [-0.39, 0.29) is 16.8 Å². The third kappa shape index (κ3) is 3.74. The SMILES string of the molecule is C=CC(=O)OCCCc1ccc2c(c1)C(C)(C)c1cc(-c3ccc4c(c3)C(C)(C)c3ccccc3-4)ccc1-2. The molecule has 0 saturated heterocycles. The number of carbonyl (C=O) groups is 1. The molecule has 2 nitrogen and oxygen atoms in total. The summed E-state index contributed by atoms with van der Waals surface area (Å²) in [4.78, 5) is 11.3. The second-order valence-corrected chi connectivity index (χ2v) is 11.7. The van der Waals surface area contributed by atoms with Crippen LogP contribution in [0.4, 0.5) is 0 Å². The van der Waals surface area contributed by atoms with E-state index >= 15 is 0 Å². The summed E-state index contributed by atoms with van der Waals surface area (Å²) in [6.07, 6.45) is 2.89. The Labute approximate surface area is 226 Å². The van der Waals surface area contributed by atoms with Crippen molar-refractivity contribution in [1.29, 1.82) is 0 Å². The Bertz CT molecular complexity index is 1600. The maximum atomic E-state index is 11.3. The molecule has 0 bridgehead atoms. The lowest BCUT2D eigenvalue weighted by Gasteiger charge is -2.23. The highest BCUT2D eigenvalue weighted by Crippen LogP contribution is 2.52. The van der Waals surface area contributed by atoms with Gasteiger partial charge in [0.15, 0.2) is 0 Å². The summed E-state index contributed by atoms with van der Waals surface area (Å²) in [6.45, 7) is 13.2. The fourth-order valence-electron chi connectivity index (χ4n) is 6.51. The summed E-state index contributed by atoms with van der Waals surface area (Å²) in [7, 11) is 0. The largest absolute Gasteiger partial charge is 0.463 e. The lowest BCUT2D eigenvalue weighted by Crippen LogP contribution is -2.15. The van der Waals surface area contributed by atoms with E-state index in [1.807, 2.05) is 0 Å². The first-order chi connectivity index (χ1) is 18.2. The standard InChI is InChI=1S/C36H34O2/c1-6-34(37)38-19-9-10-23-13-16-27-29-18-15-25(22-33(29)36(4,5)31(27)20-23)24-14-17-28-26-11-7-8-12-30(26)35(2,3)32(28)21-24/h6-8,11-18,20-22H,1,9-10,19H2,2-5H3. The van der Waals surface area contributed by atoms with Crippen molar-refractivity contribution >= 4 is 5.97 Å². The molecule has 0 N–H and O–H groups in total. The van der Waals surface area contributed by atoms with Gasteiger partial charge in [0.1, 0.15) is 0 Å². The zero-order chi connectivity index (χ0) is 26.7. The second-order valence-electron chi connectivity index (χ2n) is 11.7. The summed E-state index contributed by atoms with van der Waals surface area (Å²) in [5.41, 5.74) is 14.7. The molecule has 190 valence electrons. The summed E-state index contributed by atoms with van der Waals surface area (Å²) in [6, 6.07) is 29.6. The van der Waals surface area contributed by atoms with Gasteiger partial charge < -0.3 is 4.74 Å². The van der Waals surface area contributed by atoms with Crippen molar-refractivity contribution in [1.82, 2.24) is 0 Å². The Balaban J connectivity index is 1.31. The molecule has 0 radical (unpaired) electrons. The van der Waals surface area contributed by atoms with Crippen LogP contribution in [-0.4, -0.2) is 12.6 Å². The predicted molar refractivity (Wildman–Crippen MR) is 156 cm³/mol. The molecule has 4 aromatic carbocycles. The fourth-order valence-corrected chi connectivity index (χ4v) is 6.51. The van der Waals surface area contributed by atoms with Crippen LogP contribution < -0.4 is 0 Å². The van der Waals surface area contributed by atoms with Gasteiger partial charge in [-0.15, -0.1) is 0 Å². The van der Waals surface area contributed by atoms with E-state index in [9.17, 15) is 4.79 Å². The third-order valence-corrected chi connectivity index (χ3v) is 8.68. The van der Waals surface area contributed by atoms with Crippen LogP contribution in [0.2, 0.25) is 0 Å². The highest BCUT2D eigenvalue weighted by molar-refractivity contribution is 5.86. The molecule has 0 heterocycles. The van der Waals surface area contributed by atoms with E-state index in [1.54, 1.807) is 0 Å². The van der Waals surface area contributed by atoms with Crippen molar-refractivity contribution in [2.24, 2.45) is 0 Å². The highest BCUT2D eigenvalue weighted by Gasteiger charge is 2.37. The summed E-state index contributed by atoms with van der Waals surface area (Å²) in [5.74, 6) is -0.359. The Hall–Kier alpha value is -3.91. The zero-order valence-corrected chi connectivity index (χ0v) is 22.7. The number of carbonyl (C=O) groups excluding carboxylic acids is 1. The minimum atomic E-state index is -0.359. The smallest absolute Gasteiger partial charge is 0.330 e. The van der Waals surface area contributed by atoms with E-state index < -0.39 is 0 Å². The molecular weight excluding hydrogens is 464 g/mol. The topological polar surface area (TPSA) is 26.3 Å². The highest BCUT2D eigenvalue weighted by atomic mass is 16.5. The zero-order valence-electron chi connectivity index (χ0n) is 22.7. The number of esters is 1. The first-order valence-electron chi connectivity index (χ1n) is 13.5. The second kappa shape index (κ2) is 8.84. The molecule has 4 aromatic rings. The van der Waals surface area contributed by atoms with Crippen LogP contribution in [-0.2, 0) is 26.8 Å².